The number of hydrogen-bond donors (Lipinski definition) is 2. The predicted molar refractivity (Wildman–Crippen MR) is 76.0 cm³/mol. The van der Waals surface area contributed by atoms with Crippen molar-refractivity contribution in [2.24, 2.45) is 0 Å². The third-order valence-corrected chi connectivity index (χ3v) is 3.12. The van der Waals surface area contributed by atoms with E-state index in [1.54, 1.807) is 12.1 Å². The Balaban J connectivity index is 1.96. The van der Waals surface area contributed by atoms with Crippen LogP contribution in [0.15, 0.2) is 40.8 Å². The number of amides is 1. The van der Waals surface area contributed by atoms with E-state index in [-0.39, 0.29) is 18.2 Å². The summed E-state index contributed by atoms with van der Waals surface area (Å²) >= 11 is 2.16. The highest BCUT2D eigenvalue weighted by Gasteiger charge is 2.10. The van der Waals surface area contributed by atoms with Crippen LogP contribution < -0.4 is 5.32 Å². The van der Waals surface area contributed by atoms with Gasteiger partial charge in [0.1, 0.15) is 5.76 Å². The fourth-order valence-electron chi connectivity index (χ4n) is 1.46. The molecule has 0 aliphatic heterocycles. The van der Waals surface area contributed by atoms with Crippen LogP contribution in [0.4, 0.5) is 0 Å². The Morgan fingerprint density at radius 1 is 1.16 bits per heavy atom. The molecule has 19 heavy (non-hydrogen) atoms. The number of carboxylic acid groups (broad SMARTS) is 1. The summed E-state index contributed by atoms with van der Waals surface area (Å²) in [6.45, 7) is 0.151. The number of halogens is 1. The van der Waals surface area contributed by atoms with Crippen LogP contribution in [0.1, 0.15) is 26.7 Å². The summed E-state index contributed by atoms with van der Waals surface area (Å²) in [4.78, 5) is 22.4. The van der Waals surface area contributed by atoms with Crippen molar-refractivity contribution in [3.05, 3.63) is 57.1 Å². The van der Waals surface area contributed by atoms with Gasteiger partial charge in [-0.05, 0) is 59.0 Å². The van der Waals surface area contributed by atoms with Crippen LogP contribution >= 0.6 is 22.6 Å². The minimum absolute atomic E-state index is 0.140. The molecule has 0 saturated carbocycles. The molecular weight excluding hydrogens is 361 g/mol. The lowest BCUT2D eigenvalue weighted by Gasteiger charge is -2.03. The third kappa shape index (κ3) is 3.57. The molecule has 1 heterocycles. The zero-order chi connectivity index (χ0) is 13.8. The lowest BCUT2D eigenvalue weighted by atomic mass is 10.2. The summed E-state index contributed by atoms with van der Waals surface area (Å²) in [6.07, 6.45) is 0. The molecule has 98 valence electrons. The first-order valence-corrected chi connectivity index (χ1v) is 6.50. The second kappa shape index (κ2) is 5.87. The Labute approximate surface area is 122 Å². The minimum atomic E-state index is -1.13. The van der Waals surface area contributed by atoms with Crippen molar-refractivity contribution >= 4 is 34.5 Å². The number of furan rings is 1. The molecule has 5 nitrogen and oxygen atoms in total. The Morgan fingerprint density at radius 3 is 2.42 bits per heavy atom. The van der Waals surface area contributed by atoms with E-state index in [9.17, 15) is 9.59 Å². The largest absolute Gasteiger partial charge is 0.475 e. The van der Waals surface area contributed by atoms with Gasteiger partial charge in [-0.1, -0.05) is 0 Å². The van der Waals surface area contributed by atoms with E-state index < -0.39 is 5.97 Å². The first-order valence-electron chi connectivity index (χ1n) is 5.42. The molecule has 2 rings (SSSR count). The van der Waals surface area contributed by atoms with Gasteiger partial charge in [0.25, 0.3) is 5.91 Å². The van der Waals surface area contributed by atoms with Gasteiger partial charge in [-0.25, -0.2) is 4.79 Å². The summed E-state index contributed by atoms with van der Waals surface area (Å²) < 4.78 is 6.08. The topological polar surface area (TPSA) is 79.5 Å². The van der Waals surface area contributed by atoms with E-state index in [1.807, 2.05) is 12.1 Å². The Bertz CT molecular complexity index is 603. The van der Waals surface area contributed by atoms with Crippen LogP contribution in [0.25, 0.3) is 0 Å². The molecule has 1 aromatic heterocycles. The average molecular weight is 371 g/mol. The summed E-state index contributed by atoms with van der Waals surface area (Å²) in [5.74, 6) is -1.10. The summed E-state index contributed by atoms with van der Waals surface area (Å²) in [5.41, 5.74) is 0.547. The summed E-state index contributed by atoms with van der Waals surface area (Å²) in [7, 11) is 0. The van der Waals surface area contributed by atoms with Crippen LogP contribution in [0.3, 0.4) is 0 Å². The number of rotatable bonds is 4. The lowest BCUT2D eigenvalue weighted by Crippen LogP contribution is -2.22. The van der Waals surface area contributed by atoms with E-state index in [0.29, 0.717) is 11.3 Å². The van der Waals surface area contributed by atoms with Crippen molar-refractivity contribution in [3.63, 3.8) is 0 Å². The van der Waals surface area contributed by atoms with Crippen LogP contribution in [-0.4, -0.2) is 17.0 Å². The zero-order valence-electron chi connectivity index (χ0n) is 9.72. The second-order valence-corrected chi connectivity index (χ2v) is 5.01. The number of carboxylic acids is 1. The normalized spacial score (nSPS) is 10.2. The van der Waals surface area contributed by atoms with Crippen LogP contribution in [0, 0.1) is 3.57 Å². The highest BCUT2D eigenvalue weighted by Crippen LogP contribution is 2.09. The van der Waals surface area contributed by atoms with Crippen molar-refractivity contribution in [1.82, 2.24) is 5.32 Å². The lowest BCUT2D eigenvalue weighted by molar-refractivity contribution is 0.0660. The van der Waals surface area contributed by atoms with E-state index in [1.165, 1.54) is 12.1 Å². The molecule has 1 amide bonds. The molecule has 0 aliphatic rings. The number of carbonyl (C=O) groups excluding carboxylic acids is 1. The third-order valence-electron chi connectivity index (χ3n) is 2.40. The quantitative estimate of drug-likeness (QED) is 0.810. The molecule has 1 aromatic carbocycles. The number of hydrogen-bond acceptors (Lipinski definition) is 3. The molecule has 0 aliphatic carbocycles. The van der Waals surface area contributed by atoms with Crippen molar-refractivity contribution in [2.45, 2.75) is 6.54 Å². The molecular formula is C13H10INO4. The van der Waals surface area contributed by atoms with Gasteiger partial charge in [0.2, 0.25) is 5.76 Å². The number of benzene rings is 1. The highest BCUT2D eigenvalue weighted by atomic mass is 127. The maximum absolute atomic E-state index is 11.8. The van der Waals surface area contributed by atoms with E-state index in [4.69, 9.17) is 9.52 Å². The summed E-state index contributed by atoms with van der Waals surface area (Å²) in [6, 6.07) is 10.0. The molecule has 0 bridgehead atoms. The fraction of sp³-hybridized carbons (Fsp3) is 0.0769. The Hall–Kier alpha value is -1.83. The standard InChI is InChI=1S/C13H10INO4/c14-9-3-1-8(2-4-9)12(16)15-7-10-5-6-11(19-10)13(17)18/h1-6H,7H2,(H,15,16)(H,17,18). The van der Waals surface area contributed by atoms with Gasteiger partial charge in [-0.15, -0.1) is 0 Å². The summed E-state index contributed by atoms with van der Waals surface area (Å²) in [5, 5.41) is 11.4. The van der Waals surface area contributed by atoms with E-state index >= 15 is 0 Å². The monoisotopic (exact) mass is 371 g/mol. The molecule has 0 atom stereocenters. The van der Waals surface area contributed by atoms with Gasteiger partial charge >= 0.3 is 5.97 Å². The Kier molecular flexibility index (Phi) is 4.20. The first-order chi connectivity index (χ1) is 9.06. The van der Waals surface area contributed by atoms with Gasteiger partial charge in [0.15, 0.2) is 0 Å². The van der Waals surface area contributed by atoms with E-state index in [2.05, 4.69) is 27.9 Å². The molecule has 6 heteroatoms. The van der Waals surface area contributed by atoms with Crippen molar-refractivity contribution < 1.29 is 19.1 Å². The highest BCUT2D eigenvalue weighted by molar-refractivity contribution is 14.1. The number of carbonyl (C=O) groups is 2. The van der Waals surface area contributed by atoms with E-state index in [0.717, 1.165) is 3.57 Å². The van der Waals surface area contributed by atoms with Crippen LogP contribution in [0.5, 0.6) is 0 Å². The smallest absolute Gasteiger partial charge is 0.371 e. The first kappa shape index (κ1) is 13.6. The van der Waals surface area contributed by atoms with Gasteiger partial charge < -0.3 is 14.8 Å². The molecule has 0 radical (unpaired) electrons. The van der Waals surface area contributed by atoms with Crippen molar-refractivity contribution in [2.75, 3.05) is 0 Å². The average Bonchev–Trinajstić information content (AvgIpc) is 2.86. The van der Waals surface area contributed by atoms with Gasteiger partial charge in [0.05, 0.1) is 6.54 Å². The van der Waals surface area contributed by atoms with Gasteiger partial charge in [-0.2, -0.15) is 0 Å². The van der Waals surface area contributed by atoms with Gasteiger partial charge in [0, 0.05) is 9.13 Å². The SMILES string of the molecule is O=C(NCc1ccc(C(=O)O)o1)c1ccc(I)cc1. The maximum atomic E-state index is 11.8. The minimum Gasteiger partial charge on any atom is -0.475 e. The van der Waals surface area contributed by atoms with Crippen molar-refractivity contribution in [1.29, 1.82) is 0 Å². The molecule has 0 spiro atoms. The molecule has 0 saturated heterocycles. The molecule has 2 aromatic rings. The number of aromatic carboxylic acids is 1. The molecule has 0 fully saturated rings. The van der Waals surface area contributed by atoms with Crippen LogP contribution in [-0.2, 0) is 6.54 Å². The van der Waals surface area contributed by atoms with Gasteiger partial charge in [-0.3, -0.25) is 4.79 Å². The predicted octanol–water partition coefficient (Wildman–Crippen LogP) is 2.51. The molecule has 0 unspecified atom stereocenters. The fourth-order valence-corrected chi connectivity index (χ4v) is 1.82. The Morgan fingerprint density at radius 2 is 1.84 bits per heavy atom. The zero-order valence-corrected chi connectivity index (χ0v) is 11.9. The number of nitrogens with one attached hydrogen (secondary N) is 1. The molecule has 2 N–H and O–H groups in total. The second-order valence-electron chi connectivity index (χ2n) is 3.76. The van der Waals surface area contributed by atoms with Crippen LogP contribution in [0.2, 0.25) is 0 Å². The van der Waals surface area contributed by atoms with Crippen molar-refractivity contribution in [3.8, 4) is 0 Å². The maximum Gasteiger partial charge on any atom is 0.371 e.